The molecule has 25 heteroatoms. The third kappa shape index (κ3) is 26.7. The molecule has 6 aromatic rings. The number of rotatable bonds is 30. The minimum atomic E-state index is -3.19. The number of anilines is 3. The van der Waals surface area contributed by atoms with Crippen molar-refractivity contribution in [1.82, 2.24) is 10.2 Å². The predicted molar refractivity (Wildman–Crippen MR) is 445 cm³/mol. The normalized spacial score (nSPS) is 17.7. The summed E-state index contributed by atoms with van der Waals surface area (Å²) in [4.78, 5) is 78.8. The fourth-order valence-electron chi connectivity index (χ4n) is 14.7. The number of hydrogen-bond donors (Lipinski definition) is 6. The number of aryl methyl sites for hydroxylation is 3. The van der Waals surface area contributed by atoms with Crippen LogP contribution in [0, 0.1) is 47.8 Å². The van der Waals surface area contributed by atoms with E-state index >= 15 is 0 Å². The quantitative estimate of drug-likeness (QED) is 0.0106. The summed E-state index contributed by atoms with van der Waals surface area (Å²) in [6.45, 7) is 24.5. The van der Waals surface area contributed by atoms with Gasteiger partial charge in [0, 0.05) is 86.2 Å². The van der Waals surface area contributed by atoms with Gasteiger partial charge in [0.25, 0.3) is 5.91 Å². The first-order valence-electron chi connectivity index (χ1n) is 38.7. The molecule has 2 aliphatic heterocycles. The van der Waals surface area contributed by atoms with Crippen LogP contribution in [-0.2, 0) is 61.3 Å². The first kappa shape index (κ1) is 90.9. The molecule has 3 atom stereocenters. The molecule has 10 rings (SSSR count). The number of piperazine rings is 1. The Hall–Kier alpha value is -7.29. The number of phenolic OH excluding ortho intramolecular Hbond substituents is 1. The number of ether oxygens (including phenoxy) is 2. The van der Waals surface area contributed by atoms with Crippen LogP contribution in [-0.4, -0.2) is 120 Å². The molecule has 4 aliphatic rings. The number of esters is 1. The van der Waals surface area contributed by atoms with Crippen LogP contribution in [0.4, 0.5) is 17.1 Å². The van der Waals surface area contributed by atoms with E-state index in [1.165, 1.54) is 29.3 Å². The Morgan fingerprint density at radius 3 is 2.12 bits per heavy atom. The number of benzene rings is 6. The summed E-state index contributed by atoms with van der Waals surface area (Å²) in [6.07, 6.45) is 14.1. The highest BCUT2D eigenvalue weighted by Crippen LogP contribution is 2.53. The molecule has 2 heterocycles. The van der Waals surface area contributed by atoms with Gasteiger partial charge in [-0.15, -0.1) is 0 Å². The van der Waals surface area contributed by atoms with Crippen molar-refractivity contribution in [3.05, 3.63) is 174 Å². The molecule has 1 saturated carbocycles. The maximum atomic E-state index is 13.4. The first-order chi connectivity index (χ1) is 52.8. The number of carbonyl (C=O) groups is 6. The number of thioether (sulfide) groups is 1. The van der Waals surface area contributed by atoms with E-state index in [2.05, 4.69) is 88.4 Å². The highest BCUT2D eigenvalue weighted by Gasteiger charge is 2.49. The second-order valence-corrected chi connectivity index (χ2v) is 35.1. The van der Waals surface area contributed by atoms with E-state index in [1.807, 2.05) is 81.4 Å². The lowest BCUT2D eigenvalue weighted by Crippen LogP contribution is -2.50. The molecular formula is C86H112BrCl2N6O14PS. The van der Waals surface area contributed by atoms with Gasteiger partial charge in [-0.1, -0.05) is 168 Å². The Balaban J connectivity index is 0.000000207. The van der Waals surface area contributed by atoms with Crippen molar-refractivity contribution in [1.29, 1.82) is 5.26 Å². The largest absolute Gasteiger partial charge is 0.507 e. The average molecular weight is 1670 g/mol. The Kier molecular flexibility index (Phi) is 35.4. The molecule has 0 radical (unpaired) electrons. The smallest absolute Gasteiger partial charge is 0.339 e. The second-order valence-electron chi connectivity index (χ2n) is 30.2. The van der Waals surface area contributed by atoms with E-state index < -0.39 is 37.7 Å². The molecule has 0 bridgehead atoms. The molecule has 2 aliphatic carbocycles. The highest BCUT2D eigenvalue weighted by molar-refractivity contribution is 9.10. The number of para-hydroxylation sites is 1. The van der Waals surface area contributed by atoms with Crippen LogP contribution in [0.3, 0.4) is 0 Å². The number of nitrogens with one attached hydrogen (secondary N) is 3. The van der Waals surface area contributed by atoms with Gasteiger partial charge in [0.2, 0.25) is 11.8 Å². The summed E-state index contributed by atoms with van der Waals surface area (Å²) in [7, 11) is -1.51. The third-order valence-electron chi connectivity index (χ3n) is 21.0. The number of hydrogen-bond acceptors (Lipinski definition) is 17. The third-order valence-corrected chi connectivity index (χ3v) is 25.4. The van der Waals surface area contributed by atoms with Crippen LogP contribution < -0.4 is 25.6 Å². The number of fused-ring (bicyclic) bond motifs is 1. The van der Waals surface area contributed by atoms with Crippen molar-refractivity contribution in [3.63, 3.8) is 0 Å². The molecule has 3 amide bonds. The van der Waals surface area contributed by atoms with Gasteiger partial charge in [0.15, 0.2) is 10.7 Å². The van der Waals surface area contributed by atoms with E-state index in [1.54, 1.807) is 69.5 Å². The fourth-order valence-corrected chi connectivity index (χ4v) is 18.1. The number of nitrogens with zero attached hydrogens (tertiary/aromatic N) is 3. The van der Waals surface area contributed by atoms with Gasteiger partial charge in [-0.2, -0.15) is 5.26 Å². The number of unbranched alkanes of at least 4 members (excludes halogenated alkanes) is 3. The average Bonchev–Trinajstić information content (AvgIpc) is 1.60. The molecule has 0 aromatic heterocycles. The van der Waals surface area contributed by atoms with Gasteiger partial charge in [0.1, 0.15) is 23.7 Å². The Bertz CT molecular complexity index is 4230. The number of cyclic esters (lactones) is 1. The standard InChI is InChI=1S/C26H35N3O3.C23H35NO2S.C19H20BrN2O4P.C18H22Cl2O5/c1-17-13-18(2)24(31)23-21(17)15-26(3,4)25(23)27-22(30)16-28-9-11-29(12-10-28)19-7-6-8-20(14-19)32-5;1-5-18(6-2)16-23(14-10-7-11-15-23)22(26)24-19-12-8-9-13-20(19)27-21(25)17(3)4;1-3-25-27(24,26-4-2)13-14-5-7-15(8-6-14)19(23)22-18-10-9-17(20)11-16(18)12-21;19-13-8-7-12(15(20)9-13)5-3-1-2-4-6-14-10-18(24,11-16(21)22)17(23)25-14/h6-8,13-14,25,31H,9-12,15-16H2,1-5H3,(H,27,30);8-9,12-13,17-18H,5-7,10-11,14-16H2,1-4H3,(H,24,26);5-11H,3-4,13H2,1-2H3,(H,22,23);7-9,14,24H,1-6,10-11H2,(H,21,22)/t;;;14-,18+/m...0/s1. The Morgan fingerprint density at radius 2 is 1.49 bits per heavy atom. The summed E-state index contributed by atoms with van der Waals surface area (Å²) < 4.78 is 34.3. The first-order valence-corrected chi connectivity index (χ1v) is 42.8. The monoisotopic (exact) mass is 1660 g/mol. The fraction of sp³-hybridized carbons (Fsp3) is 0.500. The van der Waals surface area contributed by atoms with Crippen LogP contribution in [0.1, 0.15) is 207 Å². The van der Waals surface area contributed by atoms with Crippen molar-refractivity contribution in [2.45, 2.75) is 207 Å². The number of halogens is 3. The number of carboxylic acids is 1. The van der Waals surface area contributed by atoms with Gasteiger partial charge < -0.3 is 54.7 Å². The van der Waals surface area contributed by atoms with Crippen LogP contribution in [0.2, 0.25) is 10.0 Å². The predicted octanol–water partition coefficient (Wildman–Crippen LogP) is 19.6. The minimum absolute atomic E-state index is 0.0179. The molecule has 6 N–H and O–H groups in total. The molecule has 0 spiro atoms. The van der Waals surface area contributed by atoms with E-state index in [-0.39, 0.29) is 58.2 Å². The van der Waals surface area contributed by atoms with Crippen molar-refractivity contribution < 1.29 is 67.2 Å². The number of aliphatic carboxylic acids is 1. The lowest BCUT2D eigenvalue weighted by Gasteiger charge is -2.38. The number of amides is 3. The maximum absolute atomic E-state index is 13.4. The van der Waals surface area contributed by atoms with E-state index in [0.29, 0.717) is 64.7 Å². The van der Waals surface area contributed by atoms with Gasteiger partial charge in [-0.3, -0.25) is 33.4 Å². The zero-order valence-electron chi connectivity index (χ0n) is 66.1. The summed E-state index contributed by atoms with van der Waals surface area (Å²) in [5, 5.41) is 49.4. The second kappa shape index (κ2) is 43.3. The molecule has 602 valence electrons. The van der Waals surface area contributed by atoms with Crippen LogP contribution in [0.15, 0.2) is 125 Å². The number of carboxylic acid groups (broad SMARTS) is 1. The summed E-state index contributed by atoms with van der Waals surface area (Å²) >= 11 is 16.5. The van der Waals surface area contributed by atoms with Gasteiger partial charge in [0.05, 0.1) is 62.4 Å². The van der Waals surface area contributed by atoms with Crippen LogP contribution in [0.25, 0.3) is 0 Å². The minimum Gasteiger partial charge on any atom is -0.507 e. The van der Waals surface area contributed by atoms with Crippen molar-refractivity contribution in [2.75, 3.05) is 68.6 Å². The van der Waals surface area contributed by atoms with E-state index in [4.69, 9.17) is 46.8 Å². The van der Waals surface area contributed by atoms with E-state index in [0.717, 1.165) is 158 Å². The topological polar surface area (TPSA) is 283 Å². The zero-order valence-corrected chi connectivity index (χ0v) is 70.9. The number of methoxy groups -OCH3 is 1. The number of aliphatic hydroxyl groups is 1. The maximum Gasteiger partial charge on any atom is 0.339 e. The number of carbonyl (C=O) groups excluding carboxylic acids is 5. The van der Waals surface area contributed by atoms with Crippen molar-refractivity contribution >= 4 is 110 Å². The summed E-state index contributed by atoms with van der Waals surface area (Å²) in [5.41, 5.74) is 6.85. The summed E-state index contributed by atoms with van der Waals surface area (Å²) in [5.74, 6) is -0.440. The zero-order chi connectivity index (χ0) is 81.2. The lowest BCUT2D eigenvalue weighted by atomic mass is 9.67. The molecule has 6 aromatic carbocycles. The number of phenols is 1. The molecule has 3 fully saturated rings. The van der Waals surface area contributed by atoms with Crippen molar-refractivity contribution in [3.8, 4) is 17.6 Å². The Labute approximate surface area is 678 Å². The number of nitriles is 1. The van der Waals surface area contributed by atoms with Crippen LogP contribution in [0.5, 0.6) is 11.5 Å². The molecule has 2 saturated heterocycles. The SMILES string of the molecule is CCC(CC)CC1(C(=O)Nc2ccccc2SC(=O)C(C)C)CCCCC1.CCOP(=O)(Cc1ccc(C(=O)Nc2ccc(Br)cc2C#N)cc1)OCC.COc1cccc(N2CCN(CC(=O)NC3c4c(O)c(C)cc(C)c4CC3(C)C)CC2)c1.O=C(O)C[C@]1(O)C[C@H](CCCCCCc2ccc(Cl)cc2Cl)OC1=O. The summed E-state index contributed by atoms with van der Waals surface area (Å²) in [6, 6.07) is 37.0. The molecule has 1 unspecified atom stereocenters. The van der Waals surface area contributed by atoms with Crippen molar-refractivity contribution in [2.24, 2.45) is 22.7 Å². The molecular weight excluding hydrogens is 1550 g/mol. The molecule has 111 heavy (non-hydrogen) atoms. The number of aromatic hydroxyl groups is 1. The van der Waals surface area contributed by atoms with Gasteiger partial charge >= 0.3 is 19.5 Å². The highest BCUT2D eigenvalue weighted by atomic mass is 79.9. The molecule has 20 nitrogen and oxygen atoms in total. The van der Waals surface area contributed by atoms with Gasteiger partial charge in [-0.05, 0) is 197 Å². The lowest BCUT2D eigenvalue weighted by molar-refractivity contribution is -0.160. The van der Waals surface area contributed by atoms with E-state index in [9.17, 15) is 48.8 Å². The Morgan fingerprint density at radius 1 is 0.811 bits per heavy atom. The van der Waals surface area contributed by atoms with Crippen LogP contribution >= 0.6 is 58.5 Å². The van der Waals surface area contributed by atoms with Gasteiger partial charge in [-0.25, -0.2) is 4.79 Å².